The summed E-state index contributed by atoms with van der Waals surface area (Å²) < 4.78 is 23.1. The highest BCUT2D eigenvalue weighted by Crippen LogP contribution is 2.38. The van der Waals surface area contributed by atoms with Gasteiger partial charge in [0.2, 0.25) is 0 Å². The number of fused-ring (bicyclic) bond motifs is 2. The molecule has 18 nitrogen and oxygen atoms in total. The van der Waals surface area contributed by atoms with Gasteiger partial charge >= 0.3 is 11.9 Å². The second-order valence-electron chi connectivity index (χ2n) is 17.6. The quantitative estimate of drug-likeness (QED) is 0.174. The number of rotatable bonds is 3. The van der Waals surface area contributed by atoms with Crippen molar-refractivity contribution in [3.8, 4) is 0 Å². The standard InChI is InChI=1S/C47H73NO17/c1-27-17-15-13-11-9-7-5-6-8-10-12-14-16-18-34(64-46-44(58)41(48)43(57)30(4)63-46)24-38-40(45(59)60)37(54)26-47(61,65-38)25-33(51)22-36(53)35(52)20-19-31(49)21-32(50)23-39(55)62-29(3)28(2)42(27)56/h5-18,27-38,40-44,46,49-54,56-58,61H,19-26,48H2,1-4H3,(H,59,60)/b6-5+,9-7+,10-8+,13-11+,14-12+,17-15-,18-16+/t27-,28-,29-,30+,31+,32+,33-,34-,35+,36+,37-,38-,40+,41-,42+,43+,44-,46?,47+/m0/s1. The number of carbonyl (C=O) groups excluding carboxylic acids is 1. The Morgan fingerprint density at radius 2 is 1.23 bits per heavy atom. The van der Waals surface area contributed by atoms with Crippen molar-refractivity contribution in [1.82, 2.24) is 0 Å². The molecular weight excluding hydrogens is 851 g/mol. The van der Waals surface area contributed by atoms with E-state index < -0.39 is 147 Å². The maximum atomic E-state index is 12.6. The molecule has 19 atom stereocenters. The molecule has 3 rings (SSSR count). The first kappa shape index (κ1) is 55.9. The third-order valence-electron chi connectivity index (χ3n) is 12.0. The Kier molecular flexibility index (Phi) is 23.6. The van der Waals surface area contributed by atoms with E-state index in [1.165, 1.54) is 13.0 Å². The minimum absolute atomic E-state index is 0.107. The molecule has 0 radical (unpaired) electrons. The topological polar surface area (TPSA) is 320 Å². The molecule has 13 N–H and O–H groups in total. The minimum atomic E-state index is -2.33. The van der Waals surface area contributed by atoms with Crippen LogP contribution in [0.25, 0.3) is 0 Å². The number of cyclic esters (lactones) is 1. The molecular formula is C47H73NO17. The second kappa shape index (κ2) is 27.4. The van der Waals surface area contributed by atoms with Gasteiger partial charge in [-0.15, -0.1) is 0 Å². The van der Waals surface area contributed by atoms with E-state index in [2.05, 4.69) is 0 Å². The molecule has 2 fully saturated rings. The number of carboxylic acids is 1. The molecule has 0 aromatic rings. The zero-order valence-corrected chi connectivity index (χ0v) is 37.6. The van der Waals surface area contributed by atoms with Crippen molar-refractivity contribution < 1.29 is 84.7 Å². The largest absolute Gasteiger partial charge is 0.481 e. The van der Waals surface area contributed by atoms with E-state index in [-0.39, 0.29) is 31.6 Å². The normalized spacial score (nSPS) is 45.5. The fraction of sp³-hybridized carbons (Fsp3) is 0.660. The van der Waals surface area contributed by atoms with Crippen LogP contribution in [0, 0.1) is 17.8 Å². The van der Waals surface area contributed by atoms with Gasteiger partial charge in [-0.2, -0.15) is 0 Å². The van der Waals surface area contributed by atoms with Crippen LogP contribution in [-0.2, 0) is 28.5 Å². The maximum absolute atomic E-state index is 12.6. The molecule has 0 aromatic heterocycles. The zero-order valence-electron chi connectivity index (χ0n) is 37.6. The van der Waals surface area contributed by atoms with E-state index in [0.717, 1.165) is 0 Å². The van der Waals surface area contributed by atoms with Gasteiger partial charge < -0.3 is 80.9 Å². The Bertz CT molecular complexity index is 1670. The number of nitrogens with two attached hydrogens (primary N) is 1. The molecule has 18 heteroatoms. The van der Waals surface area contributed by atoms with Crippen LogP contribution in [-0.4, -0.2) is 166 Å². The molecule has 0 amide bonds. The number of aliphatic hydroxyl groups excluding tert-OH is 9. The number of ether oxygens (including phenoxy) is 4. The fourth-order valence-corrected chi connectivity index (χ4v) is 7.97. The average Bonchev–Trinajstić information content (AvgIpc) is 3.21. The predicted molar refractivity (Wildman–Crippen MR) is 237 cm³/mol. The van der Waals surface area contributed by atoms with Crippen LogP contribution in [0.1, 0.15) is 79.1 Å². The third-order valence-corrected chi connectivity index (χ3v) is 12.0. The van der Waals surface area contributed by atoms with Crippen LogP contribution in [0.2, 0.25) is 0 Å². The Hall–Kier alpha value is -3.44. The summed E-state index contributed by atoms with van der Waals surface area (Å²) in [4.78, 5) is 25.1. The third kappa shape index (κ3) is 18.6. The van der Waals surface area contributed by atoms with E-state index in [4.69, 9.17) is 24.7 Å². The van der Waals surface area contributed by atoms with Crippen LogP contribution in [0.3, 0.4) is 0 Å². The SMILES string of the molecule is C[C@@H]1[C@H](O)[C@@H](C)\C=C/C=C/C=C/C=C/C=C/C=C/C=C/[C@H](OC2O[C@H](C)[C@@H](O)[C@H](N)[C@@H]2O)C[C@@H]2O[C@](O)(C[C@@H](O)C[C@@H](O)[C@H](O)CC[C@@H](O)C[C@@H](O)CC(=O)O[C@H]1C)C[C@H](O)[C@H]2C(=O)O. The van der Waals surface area contributed by atoms with Crippen molar-refractivity contribution >= 4 is 11.9 Å². The molecule has 3 aliphatic rings. The lowest BCUT2D eigenvalue weighted by Crippen LogP contribution is -2.61. The number of aliphatic carboxylic acids is 1. The summed E-state index contributed by atoms with van der Waals surface area (Å²) in [6.45, 7) is 6.74. The van der Waals surface area contributed by atoms with Crippen molar-refractivity contribution in [2.75, 3.05) is 0 Å². The summed E-state index contributed by atoms with van der Waals surface area (Å²) in [5.41, 5.74) is 6.02. The first-order valence-corrected chi connectivity index (χ1v) is 22.3. The summed E-state index contributed by atoms with van der Waals surface area (Å²) in [5.74, 6) is -6.83. The minimum Gasteiger partial charge on any atom is -0.481 e. The van der Waals surface area contributed by atoms with Gasteiger partial charge in [0.25, 0.3) is 0 Å². The van der Waals surface area contributed by atoms with Gasteiger partial charge in [0, 0.05) is 37.5 Å². The Morgan fingerprint density at radius 3 is 1.82 bits per heavy atom. The molecule has 368 valence electrons. The van der Waals surface area contributed by atoms with Crippen LogP contribution < -0.4 is 5.73 Å². The van der Waals surface area contributed by atoms with Gasteiger partial charge in [0.1, 0.15) is 18.1 Å². The highest BCUT2D eigenvalue weighted by Gasteiger charge is 2.51. The Balaban J connectivity index is 1.86. The number of allylic oxidation sites excluding steroid dienone is 12. The summed E-state index contributed by atoms with van der Waals surface area (Å²) in [7, 11) is 0. The van der Waals surface area contributed by atoms with Gasteiger partial charge in [-0.25, -0.2) is 0 Å². The molecule has 0 spiro atoms. The molecule has 0 aliphatic carbocycles. The number of hydrogen-bond acceptors (Lipinski definition) is 17. The zero-order chi connectivity index (χ0) is 48.4. The maximum Gasteiger partial charge on any atom is 0.311 e. The molecule has 0 saturated carbocycles. The summed E-state index contributed by atoms with van der Waals surface area (Å²) in [5, 5.41) is 118. The number of carboxylic acid groups (broad SMARTS) is 1. The van der Waals surface area contributed by atoms with E-state index in [1.54, 1.807) is 80.7 Å². The van der Waals surface area contributed by atoms with Crippen LogP contribution in [0.15, 0.2) is 85.1 Å². The van der Waals surface area contributed by atoms with Crippen molar-refractivity contribution in [2.45, 2.75) is 177 Å². The van der Waals surface area contributed by atoms with E-state index in [9.17, 15) is 65.8 Å². The molecule has 2 saturated heterocycles. The van der Waals surface area contributed by atoms with Gasteiger partial charge in [-0.3, -0.25) is 9.59 Å². The Morgan fingerprint density at radius 1 is 0.662 bits per heavy atom. The fourth-order valence-electron chi connectivity index (χ4n) is 7.97. The van der Waals surface area contributed by atoms with Gasteiger partial charge in [-0.05, 0) is 33.1 Å². The van der Waals surface area contributed by atoms with E-state index in [0.29, 0.717) is 0 Å². The molecule has 3 aliphatic heterocycles. The predicted octanol–water partition coefficient (Wildman–Crippen LogP) is 0.712. The number of carbonyl (C=O) groups is 2. The number of esters is 1. The first-order valence-electron chi connectivity index (χ1n) is 22.3. The molecule has 3 heterocycles. The number of aliphatic hydroxyl groups is 10. The lowest BCUT2D eigenvalue weighted by molar-refractivity contribution is -0.308. The summed E-state index contributed by atoms with van der Waals surface area (Å²) in [6, 6.07) is -1.15. The lowest BCUT2D eigenvalue weighted by Gasteiger charge is -2.45. The van der Waals surface area contributed by atoms with Crippen molar-refractivity contribution in [2.24, 2.45) is 23.5 Å². The average molecular weight is 924 g/mol. The second-order valence-corrected chi connectivity index (χ2v) is 17.6. The summed E-state index contributed by atoms with van der Waals surface area (Å²) >= 11 is 0. The molecule has 0 aromatic carbocycles. The van der Waals surface area contributed by atoms with Crippen molar-refractivity contribution in [3.63, 3.8) is 0 Å². The molecule has 1 unspecified atom stereocenters. The van der Waals surface area contributed by atoms with Gasteiger partial charge in [0.05, 0.1) is 79.6 Å². The monoisotopic (exact) mass is 923 g/mol. The molecule has 65 heavy (non-hydrogen) atoms. The first-order chi connectivity index (χ1) is 30.6. The smallest absolute Gasteiger partial charge is 0.311 e. The van der Waals surface area contributed by atoms with Crippen molar-refractivity contribution in [3.05, 3.63) is 85.1 Å². The highest BCUT2D eigenvalue weighted by atomic mass is 16.7. The van der Waals surface area contributed by atoms with Crippen LogP contribution in [0.5, 0.6) is 0 Å². The Labute approximate surface area is 381 Å². The van der Waals surface area contributed by atoms with Crippen molar-refractivity contribution in [1.29, 1.82) is 0 Å². The highest BCUT2D eigenvalue weighted by molar-refractivity contribution is 5.71. The lowest BCUT2D eigenvalue weighted by atomic mass is 9.82. The van der Waals surface area contributed by atoms with E-state index in [1.807, 2.05) is 19.1 Å². The molecule has 2 bridgehead atoms. The van der Waals surface area contributed by atoms with Gasteiger partial charge in [0.15, 0.2) is 12.1 Å². The van der Waals surface area contributed by atoms with Crippen LogP contribution in [0.4, 0.5) is 0 Å². The van der Waals surface area contributed by atoms with Gasteiger partial charge in [-0.1, -0.05) is 98.9 Å². The summed E-state index contributed by atoms with van der Waals surface area (Å²) in [6.07, 6.45) is 3.46. The number of hydrogen-bond donors (Lipinski definition) is 12. The van der Waals surface area contributed by atoms with Crippen LogP contribution >= 0.6 is 0 Å². The van der Waals surface area contributed by atoms with E-state index >= 15 is 0 Å².